The quantitative estimate of drug-likeness (QED) is 0.417. The molecule has 1 unspecified atom stereocenters. The second-order valence-electron chi connectivity index (χ2n) is 3.08. The van der Waals surface area contributed by atoms with Crippen LogP contribution in [0.5, 0.6) is 0 Å². The Morgan fingerprint density at radius 1 is 1.54 bits per heavy atom. The lowest BCUT2D eigenvalue weighted by molar-refractivity contribution is 0.0595. The predicted molar refractivity (Wildman–Crippen MR) is 54.8 cm³/mol. The van der Waals surface area contributed by atoms with Crippen molar-refractivity contribution in [1.82, 2.24) is 5.32 Å². The molecule has 0 aromatic heterocycles. The largest absolute Gasteiger partial charge is 0.391 e. The molecule has 0 fully saturated rings. The number of methoxy groups -OCH3 is 1. The van der Waals surface area contributed by atoms with Crippen molar-refractivity contribution in [3.63, 3.8) is 0 Å². The molecule has 0 rings (SSSR count). The monoisotopic (exact) mass is 187 g/mol. The Labute approximate surface area is 80.8 Å². The van der Waals surface area contributed by atoms with Crippen molar-refractivity contribution >= 4 is 0 Å². The van der Waals surface area contributed by atoms with Crippen LogP contribution in [0.1, 0.15) is 19.3 Å². The summed E-state index contributed by atoms with van der Waals surface area (Å²) >= 11 is 0. The number of allylic oxidation sites excluding steroid dienone is 1. The van der Waals surface area contributed by atoms with E-state index in [1.807, 2.05) is 6.08 Å². The summed E-state index contributed by atoms with van der Waals surface area (Å²) in [5.74, 6) is 0. The minimum Gasteiger partial charge on any atom is -0.391 e. The first-order valence-electron chi connectivity index (χ1n) is 4.80. The summed E-state index contributed by atoms with van der Waals surface area (Å²) in [5.41, 5.74) is 0. The fraction of sp³-hybridized carbons (Fsp3) is 0.800. The average molecular weight is 187 g/mol. The number of rotatable bonds is 9. The predicted octanol–water partition coefficient (Wildman–Crippen LogP) is 0.940. The Bertz CT molecular complexity index is 117. The van der Waals surface area contributed by atoms with Crippen LogP contribution in [0.2, 0.25) is 0 Å². The van der Waals surface area contributed by atoms with Crippen molar-refractivity contribution in [2.45, 2.75) is 25.4 Å². The molecule has 13 heavy (non-hydrogen) atoms. The van der Waals surface area contributed by atoms with Crippen LogP contribution in [0, 0.1) is 0 Å². The van der Waals surface area contributed by atoms with E-state index in [-0.39, 0.29) is 6.10 Å². The third kappa shape index (κ3) is 9.53. The highest BCUT2D eigenvalue weighted by molar-refractivity contribution is 4.66. The van der Waals surface area contributed by atoms with Gasteiger partial charge in [-0.15, -0.1) is 6.58 Å². The van der Waals surface area contributed by atoms with Crippen LogP contribution >= 0.6 is 0 Å². The number of unbranched alkanes of at least 4 members (excludes halogenated alkanes) is 1. The summed E-state index contributed by atoms with van der Waals surface area (Å²) in [6, 6.07) is 0. The number of hydrogen-bond donors (Lipinski definition) is 2. The molecule has 0 amide bonds. The van der Waals surface area contributed by atoms with Crippen LogP contribution in [-0.2, 0) is 4.74 Å². The number of nitrogens with one attached hydrogen (secondary N) is 1. The Hall–Kier alpha value is -0.380. The van der Waals surface area contributed by atoms with E-state index in [9.17, 15) is 5.11 Å². The molecule has 0 aliphatic rings. The smallest absolute Gasteiger partial charge is 0.0785 e. The number of hydrogen-bond acceptors (Lipinski definition) is 3. The molecular weight excluding hydrogens is 166 g/mol. The molecule has 0 bridgehead atoms. The van der Waals surface area contributed by atoms with E-state index < -0.39 is 0 Å². The zero-order valence-corrected chi connectivity index (χ0v) is 8.46. The van der Waals surface area contributed by atoms with Gasteiger partial charge in [0.15, 0.2) is 0 Å². The molecule has 0 saturated carbocycles. The summed E-state index contributed by atoms with van der Waals surface area (Å²) in [4.78, 5) is 0. The van der Waals surface area contributed by atoms with Gasteiger partial charge in [-0.2, -0.15) is 0 Å². The molecule has 0 aromatic rings. The minimum absolute atomic E-state index is 0.336. The molecule has 0 spiro atoms. The number of aliphatic hydroxyl groups is 1. The van der Waals surface area contributed by atoms with Gasteiger partial charge < -0.3 is 15.2 Å². The number of aliphatic hydroxyl groups excluding tert-OH is 1. The van der Waals surface area contributed by atoms with E-state index in [4.69, 9.17) is 4.74 Å². The van der Waals surface area contributed by atoms with Gasteiger partial charge in [0.1, 0.15) is 0 Å². The van der Waals surface area contributed by atoms with Gasteiger partial charge in [-0.25, -0.2) is 0 Å². The first-order chi connectivity index (χ1) is 6.31. The topological polar surface area (TPSA) is 41.5 Å². The third-order valence-corrected chi connectivity index (χ3v) is 1.78. The van der Waals surface area contributed by atoms with E-state index in [1.165, 1.54) is 0 Å². The van der Waals surface area contributed by atoms with E-state index >= 15 is 0 Å². The lowest BCUT2D eigenvalue weighted by Gasteiger charge is -2.09. The van der Waals surface area contributed by atoms with Crippen LogP contribution in [0.4, 0.5) is 0 Å². The van der Waals surface area contributed by atoms with Crippen LogP contribution in [0.3, 0.4) is 0 Å². The normalized spacial score (nSPS) is 12.8. The van der Waals surface area contributed by atoms with Gasteiger partial charge in [0, 0.05) is 7.11 Å². The van der Waals surface area contributed by atoms with Crippen molar-refractivity contribution in [1.29, 1.82) is 0 Å². The molecule has 0 aliphatic heterocycles. The van der Waals surface area contributed by atoms with Gasteiger partial charge >= 0.3 is 0 Å². The Morgan fingerprint density at radius 3 is 2.92 bits per heavy atom. The molecule has 0 aliphatic carbocycles. The first kappa shape index (κ1) is 12.6. The van der Waals surface area contributed by atoms with Crippen molar-refractivity contribution in [2.75, 3.05) is 26.8 Å². The van der Waals surface area contributed by atoms with E-state index in [0.29, 0.717) is 6.61 Å². The van der Waals surface area contributed by atoms with Crippen LogP contribution < -0.4 is 5.32 Å². The molecule has 3 heteroatoms. The highest BCUT2D eigenvalue weighted by Crippen LogP contribution is 1.91. The van der Waals surface area contributed by atoms with Gasteiger partial charge in [0.2, 0.25) is 0 Å². The fourth-order valence-electron chi connectivity index (χ4n) is 1.04. The van der Waals surface area contributed by atoms with Gasteiger partial charge in [0.25, 0.3) is 0 Å². The molecule has 1 atom stereocenters. The summed E-state index contributed by atoms with van der Waals surface area (Å²) in [6.07, 6.45) is 4.50. The second-order valence-corrected chi connectivity index (χ2v) is 3.08. The molecule has 0 saturated heterocycles. The summed E-state index contributed by atoms with van der Waals surface area (Å²) < 4.78 is 4.81. The fourth-order valence-corrected chi connectivity index (χ4v) is 1.04. The Morgan fingerprint density at radius 2 is 2.31 bits per heavy atom. The van der Waals surface area contributed by atoms with Gasteiger partial charge in [-0.3, -0.25) is 0 Å². The molecular formula is C10H21NO2. The van der Waals surface area contributed by atoms with E-state index in [2.05, 4.69) is 11.9 Å². The lowest BCUT2D eigenvalue weighted by atomic mass is 10.2. The summed E-state index contributed by atoms with van der Waals surface area (Å²) in [7, 11) is 1.60. The maximum Gasteiger partial charge on any atom is 0.0785 e. The minimum atomic E-state index is -0.336. The third-order valence-electron chi connectivity index (χ3n) is 1.78. The first-order valence-corrected chi connectivity index (χ1v) is 4.80. The maximum absolute atomic E-state index is 9.27. The Kier molecular flexibility index (Phi) is 9.42. The van der Waals surface area contributed by atoms with Gasteiger partial charge in [-0.05, 0) is 32.4 Å². The van der Waals surface area contributed by atoms with Crippen molar-refractivity contribution < 1.29 is 9.84 Å². The summed E-state index contributed by atoms with van der Waals surface area (Å²) in [6.45, 7) is 5.91. The van der Waals surface area contributed by atoms with Crippen LogP contribution in [0.25, 0.3) is 0 Å². The zero-order valence-electron chi connectivity index (χ0n) is 8.46. The van der Waals surface area contributed by atoms with Crippen LogP contribution in [0.15, 0.2) is 12.7 Å². The van der Waals surface area contributed by atoms with Crippen LogP contribution in [-0.4, -0.2) is 38.0 Å². The molecule has 0 radical (unpaired) electrons. The standard InChI is InChI=1S/C10H21NO2/c1-3-4-5-7-11-8-6-10(12)9-13-2/h3,10-12H,1,4-9H2,2H3. The summed E-state index contributed by atoms with van der Waals surface area (Å²) in [5, 5.41) is 12.5. The Balaban J connectivity index is 3.01. The maximum atomic E-state index is 9.27. The average Bonchev–Trinajstić information content (AvgIpc) is 2.11. The highest BCUT2D eigenvalue weighted by atomic mass is 16.5. The van der Waals surface area contributed by atoms with E-state index in [0.717, 1.165) is 32.4 Å². The van der Waals surface area contributed by atoms with Crippen molar-refractivity contribution in [3.8, 4) is 0 Å². The van der Waals surface area contributed by atoms with Gasteiger partial charge in [-0.1, -0.05) is 6.08 Å². The zero-order chi connectivity index (χ0) is 9.94. The van der Waals surface area contributed by atoms with Gasteiger partial charge in [0.05, 0.1) is 12.7 Å². The second kappa shape index (κ2) is 9.71. The number of ether oxygens (including phenoxy) is 1. The molecule has 0 heterocycles. The molecule has 0 aromatic carbocycles. The highest BCUT2D eigenvalue weighted by Gasteiger charge is 2.01. The van der Waals surface area contributed by atoms with E-state index in [1.54, 1.807) is 7.11 Å². The van der Waals surface area contributed by atoms with Crippen molar-refractivity contribution in [3.05, 3.63) is 12.7 Å². The molecule has 3 nitrogen and oxygen atoms in total. The molecule has 78 valence electrons. The van der Waals surface area contributed by atoms with Crippen molar-refractivity contribution in [2.24, 2.45) is 0 Å². The molecule has 2 N–H and O–H groups in total. The SMILES string of the molecule is C=CCCCNCCC(O)COC. The lowest BCUT2D eigenvalue weighted by Crippen LogP contribution is -2.23.